The molecule has 116 valence electrons. The summed E-state index contributed by atoms with van der Waals surface area (Å²) in [6, 6.07) is 0.193. The lowest BCUT2D eigenvalue weighted by Gasteiger charge is -2.24. The van der Waals surface area contributed by atoms with Crippen LogP contribution in [-0.2, 0) is 9.59 Å². The molecule has 0 bridgehead atoms. The van der Waals surface area contributed by atoms with Crippen LogP contribution in [0.4, 0.5) is 0 Å². The van der Waals surface area contributed by atoms with E-state index in [4.69, 9.17) is 0 Å². The Morgan fingerprint density at radius 2 is 2.00 bits per heavy atom. The fourth-order valence-electron chi connectivity index (χ4n) is 3.22. The maximum absolute atomic E-state index is 12.0. The number of allylic oxidation sites excluding steroid dienone is 2. The van der Waals surface area contributed by atoms with Gasteiger partial charge in [0.1, 0.15) is 0 Å². The highest BCUT2D eigenvalue weighted by Crippen LogP contribution is 2.27. The summed E-state index contributed by atoms with van der Waals surface area (Å²) >= 11 is 0. The molecule has 2 rings (SSSR count). The van der Waals surface area contributed by atoms with Gasteiger partial charge in [0.2, 0.25) is 11.8 Å². The minimum Gasteiger partial charge on any atom is -0.355 e. The van der Waals surface area contributed by atoms with E-state index in [-0.39, 0.29) is 17.9 Å². The molecule has 2 aliphatic carbocycles. The second kappa shape index (κ2) is 7.43. The van der Waals surface area contributed by atoms with Crippen LogP contribution in [0.25, 0.3) is 0 Å². The van der Waals surface area contributed by atoms with Crippen molar-refractivity contribution >= 4 is 11.8 Å². The smallest absolute Gasteiger partial charge is 0.247 e. The SMILES string of the molecule is CNC(=O)C1=CCC(CC(C)NC(=O)C2=CCCC2)CC1. The quantitative estimate of drug-likeness (QED) is 0.817. The highest BCUT2D eigenvalue weighted by molar-refractivity contribution is 5.94. The summed E-state index contributed by atoms with van der Waals surface area (Å²) in [5.74, 6) is 0.714. The Bertz CT molecular complexity index is 465. The van der Waals surface area contributed by atoms with Gasteiger partial charge in [-0.05, 0) is 57.8 Å². The Morgan fingerprint density at radius 1 is 1.24 bits per heavy atom. The Morgan fingerprint density at radius 3 is 2.57 bits per heavy atom. The van der Waals surface area contributed by atoms with Gasteiger partial charge in [0, 0.05) is 24.2 Å². The van der Waals surface area contributed by atoms with Gasteiger partial charge >= 0.3 is 0 Å². The van der Waals surface area contributed by atoms with Crippen LogP contribution in [0.15, 0.2) is 23.3 Å². The van der Waals surface area contributed by atoms with Gasteiger partial charge in [-0.25, -0.2) is 0 Å². The first-order valence-electron chi connectivity index (χ1n) is 8.01. The standard InChI is InChI=1S/C17H26N2O2/c1-12(19-17(21)14-5-3-4-6-14)11-13-7-9-15(10-8-13)16(20)18-2/h5,9,12-13H,3-4,6-8,10-11H2,1-2H3,(H,18,20)(H,19,21). The lowest BCUT2D eigenvalue weighted by molar-refractivity contribution is -0.118. The van der Waals surface area contributed by atoms with E-state index in [1.165, 1.54) is 0 Å². The molecule has 4 nitrogen and oxygen atoms in total. The van der Waals surface area contributed by atoms with Gasteiger partial charge < -0.3 is 10.6 Å². The summed E-state index contributed by atoms with van der Waals surface area (Å²) < 4.78 is 0. The number of carbonyl (C=O) groups excluding carboxylic acids is 2. The molecule has 0 aromatic carbocycles. The zero-order valence-corrected chi connectivity index (χ0v) is 13.1. The van der Waals surface area contributed by atoms with Crippen LogP contribution in [0.2, 0.25) is 0 Å². The number of hydrogen-bond acceptors (Lipinski definition) is 2. The normalized spacial score (nSPS) is 23.0. The maximum atomic E-state index is 12.0. The van der Waals surface area contributed by atoms with Crippen LogP contribution in [0.5, 0.6) is 0 Å². The van der Waals surface area contributed by atoms with E-state index in [0.29, 0.717) is 5.92 Å². The van der Waals surface area contributed by atoms with Crippen molar-refractivity contribution in [1.29, 1.82) is 0 Å². The van der Waals surface area contributed by atoms with Gasteiger partial charge in [0.25, 0.3) is 0 Å². The summed E-state index contributed by atoms with van der Waals surface area (Å²) in [5, 5.41) is 5.78. The fourth-order valence-corrected chi connectivity index (χ4v) is 3.22. The summed E-state index contributed by atoms with van der Waals surface area (Å²) in [4.78, 5) is 23.6. The maximum Gasteiger partial charge on any atom is 0.247 e. The molecule has 4 heteroatoms. The van der Waals surface area contributed by atoms with E-state index in [9.17, 15) is 9.59 Å². The molecule has 0 aliphatic heterocycles. The van der Waals surface area contributed by atoms with E-state index in [2.05, 4.69) is 29.7 Å². The first-order valence-corrected chi connectivity index (χ1v) is 8.01. The predicted molar refractivity (Wildman–Crippen MR) is 83.6 cm³/mol. The largest absolute Gasteiger partial charge is 0.355 e. The van der Waals surface area contributed by atoms with Crippen molar-refractivity contribution in [3.63, 3.8) is 0 Å². The number of rotatable bonds is 5. The third-order valence-corrected chi connectivity index (χ3v) is 4.44. The third kappa shape index (κ3) is 4.45. The van der Waals surface area contributed by atoms with Crippen molar-refractivity contribution in [2.75, 3.05) is 7.05 Å². The molecule has 2 amide bonds. The molecule has 21 heavy (non-hydrogen) atoms. The molecule has 0 aromatic heterocycles. The van der Waals surface area contributed by atoms with Crippen molar-refractivity contribution in [3.05, 3.63) is 23.3 Å². The van der Waals surface area contributed by atoms with Crippen molar-refractivity contribution in [1.82, 2.24) is 10.6 Å². The zero-order chi connectivity index (χ0) is 15.2. The van der Waals surface area contributed by atoms with Crippen molar-refractivity contribution < 1.29 is 9.59 Å². The zero-order valence-electron chi connectivity index (χ0n) is 13.1. The third-order valence-electron chi connectivity index (χ3n) is 4.44. The first-order chi connectivity index (χ1) is 10.1. The molecule has 0 radical (unpaired) electrons. The predicted octanol–water partition coefficient (Wildman–Crippen LogP) is 2.46. The number of amides is 2. The number of nitrogens with one attached hydrogen (secondary N) is 2. The summed E-state index contributed by atoms with van der Waals surface area (Å²) in [6.45, 7) is 2.07. The average Bonchev–Trinajstić information content (AvgIpc) is 3.01. The molecule has 2 aliphatic rings. The summed E-state index contributed by atoms with van der Waals surface area (Å²) in [7, 11) is 1.67. The van der Waals surface area contributed by atoms with Crippen LogP contribution < -0.4 is 10.6 Å². The Hall–Kier alpha value is -1.58. The molecule has 2 N–H and O–H groups in total. The lowest BCUT2D eigenvalue weighted by Crippen LogP contribution is -2.35. The molecule has 0 spiro atoms. The van der Waals surface area contributed by atoms with Crippen LogP contribution in [0.3, 0.4) is 0 Å². The van der Waals surface area contributed by atoms with Gasteiger partial charge in [0.15, 0.2) is 0 Å². The highest BCUT2D eigenvalue weighted by atomic mass is 16.2. The summed E-state index contributed by atoms with van der Waals surface area (Å²) in [6.07, 6.45) is 11.0. The molecule has 0 saturated heterocycles. The Balaban J connectivity index is 1.76. The highest BCUT2D eigenvalue weighted by Gasteiger charge is 2.21. The average molecular weight is 290 g/mol. The molecule has 0 fully saturated rings. The van der Waals surface area contributed by atoms with Gasteiger partial charge in [-0.1, -0.05) is 12.2 Å². The molecule has 2 atom stereocenters. The second-order valence-electron chi connectivity index (χ2n) is 6.18. The molecule has 0 aromatic rings. The van der Waals surface area contributed by atoms with E-state index in [0.717, 1.165) is 56.1 Å². The Labute approximate surface area is 127 Å². The molecular weight excluding hydrogens is 264 g/mol. The van der Waals surface area contributed by atoms with Gasteiger partial charge in [-0.3, -0.25) is 9.59 Å². The Kier molecular flexibility index (Phi) is 5.59. The monoisotopic (exact) mass is 290 g/mol. The minimum atomic E-state index is 0.0444. The molecule has 2 unspecified atom stereocenters. The topological polar surface area (TPSA) is 58.2 Å². The van der Waals surface area contributed by atoms with E-state index < -0.39 is 0 Å². The van der Waals surface area contributed by atoms with E-state index in [1.807, 2.05) is 0 Å². The molecule has 0 heterocycles. The van der Waals surface area contributed by atoms with Crippen LogP contribution in [0.1, 0.15) is 51.9 Å². The summed E-state index contributed by atoms with van der Waals surface area (Å²) in [5.41, 5.74) is 1.86. The number of hydrogen-bond donors (Lipinski definition) is 2. The molecule has 0 saturated carbocycles. The van der Waals surface area contributed by atoms with Gasteiger partial charge in [-0.15, -0.1) is 0 Å². The van der Waals surface area contributed by atoms with Crippen LogP contribution in [0, 0.1) is 5.92 Å². The number of carbonyl (C=O) groups is 2. The van der Waals surface area contributed by atoms with Crippen LogP contribution >= 0.6 is 0 Å². The van der Waals surface area contributed by atoms with Crippen molar-refractivity contribution in [2.24, 2.45) is 5.92 Å². The first kappa shape index (κ1) is 15.8. The van der Waals surface area contributed by atoms with Gasteiger partial charge in [-0.2, -0.15) is 0 Å². The second-order valence-corrected chi connectivity index (χ2v) is 6.18. The lowest BCUT2D eigenvalue weighted by atomic mass is 9.85. The molecular formula is C17H26N2O2. The minimum absolute atomic E-state index is 0.0444. The van der Waals surface area contributed by atoms with Crippen LogP contribution in [-0.4, -0.2) is 24.9 Å². The van der Waals surface area contributed by atoms with E-state index in [1.54, 1.807) is 7.05 Å². The fraction of sp³-hybridized carbons (Fsp3) is 0.647. The number of likely N-dealkylation sites (N-methyl/N-ethyl adjacent to an activating group) is 1. The van der Waals surface area contributed by atoms with Gasteiger partial charge in [0.05, 0.1) is 0 Å². The van der Waals surface area contributed by atoms with E-state index >= 15 is 0 Å². The van der Waals surface area contributed by atoms with Crippen molar-refractivity contribution in [3.8, 4) is 0 Å². The van der Waals surface area contributed by atoms with Crippen molar-refractivity contribution in [2.45, 2.75) is 57.9 Å².